The molecule has 0 aliphatic carbocycles. The van der Waals surface area contributed by atoms with Crippen molar-refractivity contribution in [3.8, 4) is 11.4 Å². The van der Waals surface area contributed by atoms with Gasteiger partial charge in [-0.3, -0.25) is 0 Å². The van der Waals surface area contributed by atoms with Crippen LogP contribution < -0.4 is 5.32 Å². The van der Waals surface area contributed by atoms with E-state index in [9.17, 15) is 0 Å². The molecule has 4 aromatic rings. The van der Waals surface area contributed by atoms with Crippen LogP contribution in [0.2, 0.25) is 0 Å². The van der Waals surface area contributed by atoms with E-state index in [1.165, 1.54) is 10.8 Å². The Morgan fingerprint density at radius 1 is 0.905 bits per heavy atom. The molecule has 0 bridgehead atoms. The van der Waals surface area contributed by atoms with E-state index in [0.717, 1.165) is 28.1 Å². The number of para-hydroxylation sites is 2. The molecule has 0 spiro atoms. The zero-order chi connectivity index (χ0) is 14.2. The third-order valence-electron chi connectivity index (χ3n) is 3.79. The highest BCUT2D eigenvalue weighted by molar-refractivity contribution is 5.90. The summed E-state index contributed by atoms with van der Waals surface area (Å²) in [6.07, 6.45) is 0. The molecule has 0 unspecified atom stereocenters. The molecule has 102 valence electrons. The van der Waals surface area contributed by atoms with Gasteiger partial charge in [0, 0.05) is 18.3 Å². The molecule has 0 aliphatic rings. The second-order valence-electron chi connectivity index (χ2n) is 5.13. The molecule has 0 saturated heterocycles. The van der Waals surface area contributed by atoms with Gasteiger partial charge in [0.1, 0.15) is 5.82 Å². The molecule has 21 heavy (non-hydrogen) atoms. The van der Waals surface area contributed by atoms with Crippen LogP contribution in [0.25, 0.3) is 33.2 Å². The molecule has 1 aromatic heterocycles. The van der Waals surface area contributed by atoms with Gasteiger partial charge in [-0.15, -0.1) is 0 Å². The van der Waals surface area contributed by atoms with Crippen LogP contribution in [-0.4, -0.2) is 17.0 Å². The maximum absolute atomic E-state index is 4.66. The lowest BCUT2D eigenvalue weighted by Gasteiger charge is -2.04. The van der Waals surface area contributed by atoms with Crippen molar-refractivity contribution in [1.82, 2.24) is 9.97 Å². The van der Waals surface area contributed by atoms with E-state index < -0.39 is 0 Å². The van der Waals surface area contributed by atoms with Gasteiger partial charge in [0.2, 0.25) is 0 Å². The van der Waals surface area contributed by atoms with Gasteiger partial charge in [-0.25, -0.2) is 4.98 Å². The first-order chi connectivity index (χ1) is 10.3. The number of aromatic nitrogens is 2. The number of fused-ring (bicyclic) bond motifs is 2. The summed E-state index contributed by atoms with van der Waals surface area (Å²) in [5, 5.41) is 5.60. The number of aromatic amines is 1. The lowest BCUT2D eigenvalue weighted by molar-refractivity contribution is 1.34. The van der Waals surface area contributed by atoms with Crippen molar-refractivity contribution >= 4 is 27.5 Å². The van der Waals surface area contributed by atoms with Crippen LogP contribution in [0.5, 0.6) is 0 Å². The molecule has 0 aliphatic heterocycles. The second-order valence-corrected chi connectivity index (χ2v) is 5.13. The van der Waals surface area contributed by atoms with Gasteiger partial charge >= 0.3 is 0 Å². The molecule has 3 heteroatoms. The van der Waals surface area contributed by atoms with Crippen LogP contribution in [-0.2, 0) is 0 Å². The molecule has 0 atom stereocenters. The third-order valence-corrected chi connectivity index (χ3v) is 3.79. The first kappa shape index (κ1) is 12.0. The second kappa shape index (κ2) is 4.63. The quantitative estimate of drug-likeness (QED) is 0.567. The lowest BCUT2D eigenvalue weighted by Crippen LogP contribution is -1.87. The first-order valence-electron chi connectivity index (χ1n) is 7.00. The molecule has 0 radical (unpaired) electrons. The van der Waals surface area contributed by atoms with Crippen molar-refractivity contribution in [3.05, 3.63) is 60.7 Å². The van der Waals surface area contributed by atoms with Crippen LogP contribution in [0, 0.1) is 0 Å². The molecule has 3 aromatic carbocycles. The summed E-state index contributed by atoms with van der Waals surface area (Å²) < 4.78 is 0. The molecule has 4 rings (SSSR count). The topological polar surface area (TPSA) is 40.7 Å². The summed E-state index contributed by atoms with van der Waals surface area (Å²) in [5.41, 5.74) is 4.30. The van der Waals surface area contributed by atoms with Gasteiger partial charge in [0.05, 0.1) is 11.0 Å². The highest BCUT2D eigenvalue weighted by Gasteiger charge is 2.05. The molecule has 0 saturated carbocycles. The minimum atomic E-state index is 0.913. The molecule has 0 fully saturated rings. The molecular formula is C18H15N3. The van der Waals surface area contributed by atoms with Crippen molar-refractivity contribution < 1.29 is 0 Å². The van der Waals surface area contributed by atoms with Crippen molar-refractivity contribution in [3.63, 3.8) is 0 Å². The molecule has 0 amide bonds. The maximum Gasteiger partial charge on any atom is 0.138 e. The SMILES string of the molecule is CNc1ccc2cc(-c3nc4ccccc4[nH]3)ccc2c1. The number of imidazole rings is 1. The Morgan fingerprint density at radius 3 is 2.57 bits per heavy atom. The molecule has 2 N–H and O–H groups in total. The Balaban J connectivity index is 1.86. The Hall–Kier alpha value is -2.81. The van der Waals surface area contributed by atoms with E-state index in [-0.39, 0.29) is 0 Å². The number of hydrogen-bond donors (Lipinski definition) is 2. The summed E-state index contributed by atoms with van der Waals surface area (Å²) in [5.74, 6) is 0.913. The van der Waals surface area contributed by atoms with Crippen LogP contribution in [0.1, 0.15) is 0 Å². The van der Waals surface area contributed by atoms with Crippen molar-refractivity contribution in [2.75, 3.05) is 12.4 Å². The Labute approximate surface area is 122 Å². The first-order valence-corrected chi connectivity index (χ1v) is 7.00. The lowest BCUT2D eigenvalue weighted by atomic mass is 10.1. The standard InChI is InChI=1S/C18H15N3/c1-19-15-9-8-12-10-14(7-6-13(12)11-15)18-20-16-4-2-3-5-17(16)21-18/h2-11,19H,1H3,(H,20,21). The van der Waals surface area contributed by atoms with E-state index in [1.54, 1.807) is 0 Å². The third kappa shape index (κ3) is 2.03. The van der Waals surface area contributed by atoms with Gasteiger partial charge in [0.15, 0.2) is 0 Å². The van der Waals surface area contributed by atoms with Gasteiger partial charge < -0.3 is 10.3 Å². The van der Waals surface area contributed by atoms with Crippen LogP contribution in [0.3, 0.4) is 0 Å². The van der Waals surface area contributed by atoms with Crippen molar-refractivity contribution in [2.24, 2.45) is 0 Å². The monoisotopic (exact) mass is 273 g/mol. The Bertz CT molecular complexity index is 904. The average Bonchev–Trinajstić information content (AvgIpc) is 2.98. The summed E-state index contributed by atoms with van der Waals surface area (Å²) >= 11 is 0. The largest absolute Gasteiger partial charge is 0.388 e. The number of nitrogens with zero attached hydrogens (tertiary/aromatic N) is 1. The van der Waals surface area contributed by atoms with Gasteiger partial charge in [-0.05, 0) is 41.1 Å². The fourth-order valence-corrected chi connectivity index (χ4v) is 2.64. The summed E-state index contributed by atoms with van der Waals surface area (Å²) in [6.45, 7) is 0. The normalized spacial score (nSPS) is 11.1. The van der Waals surface area contributed by atoms with Gasteiger partial charge in [-0.1, -0.05) is 30.3 Å². The fraction of sp³-hybridized carbons (Fsp3) is 0.0556. The predicted molar refractivity (Wildman–Crippen MR) is 88.6 cm³/mol. The summed E-state index contributed by atoms with van der Waals surface area (Å²) in [7, 11) is 1.93. The van der Waals surface area contributed by atoms with Crippen LogP contribution >= 0.6 is 0 Å². The predicted octanol–water partition coefficient (Wildman–Crippen LogP) is 4.42. The van der Waals surface area contributed by atoms with E-state index in [0.29, 0.717) is 0 Å². The highest BCUT2D eigenvalue weighted by Crippen LogP contribution is 2.26. The van der Waals surface area contributed by atoms with E-state index in [2.05, 4.69) is 51.7 Å². The van der Waals surface area contributed by atoms with Crippen molar-refractivity contribution in [1.29, 1.82) is 0 Å². The van der Waals surface area contributed by atoms with E-state index in [1.807, 2.05) is 31.3 Å². The highest BCUT2D eigenvalue weighted by atomic mass is 14.9. The number of benzene rings is 3. The Kier molecular flexibility index (Phi) is 2.64. The Morgan fingerprint density at radius 2 is 1.71 bits per heavy atom. The minimum absolute atomic E-state index is 0.913. The summed E-state index contributed by atoms with van der Waals surface area (Å²) in [4.78, 5) is 8.03. The smallest absolute Gasteiger partial charge is 0.138 e. The number of anilines is 1. The molecule has 3 nitrogen and oxygen atoms in total. The minimum Gasteiger partial charge on any atom is -0.388 e. The van der Waals surface area contributed by atoms with E-state index >= 15 is 0 Å². The zero-order valence-corrected chi connectivity index (χ0v) is 11.7. The van der Waals surface area contributed by atoms with Gasteiger partial charge in [0.25, 0.3) is 0 Å². The number of H-pyrrole nitrogens is 1. The maximum atomic E-state index is 4.66. The van der Waals surface area contributed by atoms with Gasteiger partial charge in [-0.2, -0.15) is 0 Å². The number of nitrogens with one attached hydrogen (secondary N) is 2. The molecule has 1 heterocycles. The fourth-order valence-electron chi connectivity index (χ4n) is 2.64. The zero-order valence-electron chi connectivity index (χ0n) is 11.7. The van der Waals surface area contributed by atoms with E-state index in [4.69, 9.17) is 0 Å². The van der Waals surface area contributed by atoms with Crippen molar-refractivity contribution in [2.45, 2.75) is 0 Å². The number of hydrogen-bond acceptors (Lipinski definition) is 2. The summed E-state index contributed by atoms with van der Waals surface area (Å²) in [6, 6.07) is 20.9. The van der Waals surface area contributed by atoms with Crippen LogP contribution in [0.15, 0.2) is 60.7 Å². The average molecular weight is 273 g/mol. The number of rotatable bonds is 2. The molecular weight excluding hydrogens is 258 g/mol. The van der Waals surface area contributed by atoms with Crippen LogP contribution in [0.4, 0.5) is 5.69 Å².